The zero-order valence-electron chi connectivity index (χ0n) is 16.7. The van der Waals surface area contributed by atoms with Crippen molar-refractivity contribution in [3.8, 4) is 0 Å². The number of benzene rings is 1. The number of hydrogen-bond donors (Lipinski definition) is 1. The first kappa shape index (κ1) is 21.9. The van der Waals surface area contributed by atoms with E-state index in [4.69, 9.17) is 4.74 Å². The third kappa shape index (κ3) is 6.02. The molecule has 1 heterocycles. The van der Waals surface area contributed by atoms with Gasteiger partial charge in [-0.3, -0.25) is 4.79 Å². The van der Waals surface area contributed by atoms with Gasteiger partial charge >= 0.3 is 0 Å². The largest absolute Gasteiger partial charge is 0.369 e. The van der Waals surface area contributed by atoms with Crippen molar-refractivity contribution in [3.63, 3.8) is 0 Å². The van der Waals surface area contributed by atoms with Crippen molar-refractivity contribution in [2.45, 2.75) is 70.3 Å². The Balaban J connectivity index is 2.14. The number of hydrogen-bond acceptors (Lipinski definition) is 4. The van der Waals surface area contributed by atoms with E-state index in [9.17, 15) is 13.2 Å². The van der Waals surface area contributed by atoms with E-state index >= 15 is 0 Å². The maximum absolute atomic E-state index is 13.1. The Morgan fingerprint density at radius 2 is 1.89 bits per heavy atom. The van der Waals surface area contributed by atoms with Crippen molar-refractivity contribution in [3.05, 3.63) is 23.8 Å². The fourth-order valence-corrected chi connectivity index (χ4v) is 4.87. The maximum Gasteiger partial charge on any atom is 0.253 e. The van der Waals surface area contributed by atoms with Gasteiger partial charge in [-0.05, 0) is 50.8 Å². The second-order valence-corrected chi connectivity index (χ2v) is 9.06. The highest BCUT2D eigenvalue weighted by molar-refractivity contribution is 7.89. The Morgan fingerprint density at radius 3 is 2.52 bits per heavy atom. The molecule has 1 aliphatic rings. The standard InChI is InChI=1S/C20H32N2O4S/c1-4-5-14-26-17(3)20(23)21-18-11-10-16(2)19(15-18)27(24,25)22-12-8-6-7-9-13-22/h10-11,15,17H,4-9,12-14H2,1-3H3,(H,21,23). The first-order valence-electron chi connectivity index (χ1n) is 9.89. The third-order valence-electron chi connectivity index (χ3n) is 4.87. The molecule has 0 radical (unpaired) electrons. The van der Waals surface area contributed by atoms with E-state index in [0.29, 0.717) is 30.9 Å². The average molecular weight is 397 g/mol. The molecular weight excluding hydrogens is 364 g/mol. The minimum atomic E-state index is -3.56. The number of nitrogens with one attached hydrogen (secondary N) is 1. The van der Waals surface area contributed by atoms with Crippen LogP contribution < -0.4 is 5.32 Å². The van der Waals surface area contributed by atoms with Gasteiger partial charge in [-0.1, -0.05) is 32.3 Å². The van der Waals surface area contributed by atoms with Crippen LogP contribution in [0, 0.1) is 6.92 Å². The zero-order valence-corrected chi connectivity index (χ0v) is 17.5. The van der Waals surface area contributed by atoms with E-state index in [2.05, 4.69) is 12.2 Å². The number of carbonyl (C=O) groups excluding carboxylic acids is 1. The monoisotopic (exact) mass is 396 g/mol. The molecule has 1 aromatic rings. The molecule has 0 saturated carbocycles. The van der Waals surface area contributed by atoms with Crippen LogP contribution in [0.1, 0.15) is 57.9 Å². The van der Waals surface area contributed by atoms with Gasteiger partial charge in [-0.15, -0.1) is 0 Å². The van der Waals surface area contributed by atoms with Gasteiger partial charge in [-0.2, -0.15) is 4.31 Å². The molecule has 1 aliphatic heterocycles. The van der Waals surface area contributed by atoms with E-state index < -0.39 is 16.1 Å². The van der Waals surface area contributed by atoms with E-state index in [1.165, 1.54) is 0 Å². The number of rotatable bonds is 8. The lowest BCUT2D eigenvalue weighted by Crippen LogP contribution is -2.32. The first-order chi connectivity index (χ1) is 12.9. The minimum Gasteiger partial charge on any atom is -0.369 e. The summed E-state index contributed by atoms with van der Waals surface area (Å²) in [7, 11) is -3.56. The molecule has 1 atom stereocenters. The van der Waals surface area contributed by atoms with Crippen LogP contribution in [0.15, 0.2) is 23.1 Å². The zero-order chi connectivity index (χ0) is 19.9. The Kier molecular flexibility index (Phi) is 8.26. The lowest BCUT2D eigenvalue weighted by molar-refractivity contribution is -0.126. The summed E-state index contributed by atoms with van der Waals surface area (Å²) in [6.07, 6.45) is 5.24. The van der Waals surface area contributed by atoms with E-state index in [1.807, 2.05) is 0 Å². The molecule has 1 aromatic carbocycles. The van der Waals surface area contributed by atoms with Crippen molar-refractivity contribution < 1.29 is 17.9 Å². The second kappa shape index (κ2) is 10.2. The summed E-state index contributed by atoms with van der Waals surface area (Å²) in [5, 5.41) is 2.78. The molecule has 27 heavy (non-hydrogen) atoms. The van der Waals surface area contributed by atoms with Crippen LogP contribution in [-0.4, -0.2) is 44.4 Å². The number of sulfonamides is 1. The molecule has 1 fully saturated rings. The van der Waals surface area contributed by atoms with Gasteiger partial charge in [0.25, 0.3) is 5.91 Å². The summed E-state index contributed by atoms with van der Waals surface area (Å²) >= 11 is 0. The van der Waals surface area contributed by atoms with Crippen molar-refractivity contribution in [2.24, 2.45) is 0 Å². The number of carbonyl (C=O) groups is 1. The van der Waals surface area contributed by atoms with Crippen LogP contribution in [0.4, 0.5) is 5.69 Å². The van der Waals surface area contributed by atoms with E-state index in [1.54, 1.807) is 36.4 Å². The highest BCUT2D eigenvalue weighted by atomic mass is 32.2. The Morgan fingerprint density at radius 1 is 1.22 bits per heavy atom. The van der Waals surface area contributed by atoms with Crippen molar-refractivity contribution in [2.75, 3.05) is 25.0 Å². The second-order valence-electron chi connectivity index (χ2n) is 7.15. The fourth-order valence-electron chi connectivity index (χ4n) is 3.10. The van der Waals surface area contributed by atoms with Gasteiger partial charge in [0.15, 0.2) is 0 Å². The minimum absolute atomic E-state index is 0.266. The van der Waals surface area contributed by atoms with Crippen LogP contribution in [0.2, 0.25) is 0 Å². The molecule has 0 bridgehead atoms. The summed E-state index contributed by atoms with van der Waals surface area (Å²) in [4.78, 5) is 12.6. The molecule has 7 heteroatoms. The van der Waals surface area contributed by atoms with Crippen LogP contribution >= 0.6 is 0 Å². The van der Waals surface area contributed by atoms with Gasteiger partial charge in [0.05, 0.1) is 4.90 Å². The molecule has 152 valence electrons. The normalized spacial score (nSPS) is 17.3. The SMILES string of the molecule is CCCCOC(C)C(=O)Nc1ccc(C)c(S(=O)(=O)N2CCCCCC2)c1. The smallest absolute Gasteiger partial charge is 0.253 e. The topological polar surface area (TPSA) is 75.7 Å². The van der Waals surface area contributed by atoms with Crippen molar-refractivity contribution in [1.82, 2.24) is 4.31 Å². The number of nitrogens with zero attached hydrogens (tertiary/aromatic N) is 1. The summed E-state index contributed by atoms with van der Waals surface area (Å²) in [5.41, 5.74) is 1.16. The fraction of sp³-hybridized carbons (Fsp3) is 0.650. The Bertz CT molecular complexity index is 725. The summed E-state index contributed by atoms with van der Waals surface area (Å²) in [5.74, 6) is -0.270. The van der Waals surface area contributed by atoms with Crippen LogP contribution in [0.5, 0.6) is 0 Å². The molecule has 1 amide bonds. The molecule has 0 spiro atoms. The van der Waals surface area contributed by atoms with Gasteiger partial charge in [0.2, 0.25) is 10.0 Å². The summed E-state index contributed by atoms with van der Waals surface area (Å²) in [6, 6.07) is 5.03. The molecule has 6 nitrogen and oxygen atoms in total. The maximum atomic E-state index is 13.1. The van der Waals surface area contributed by atoms with E-state index in [-0.39, 0.29) is 10.8 Å². The van der Waals surface area contributed by atoms with Crippen LogP contribution in [0.25, 0.3) is 0 Å². The van der Waals surface area contributed by atoms with Gasteiger partial charge in [-0.25, -0.2) is 8.42 Å². The van der Waals surface area contributed by atoms with Crippen LogP contribution in [0.3, 0.4) is 0 Å². The van der Waals surface area contributed by atoms with Gasteiger partial charge in [0, 0.05) is 25.4 Å². The summed E-state index contributed by atoms with van der Waals surface area (Å²) in [6.45, 7) is 7.20. The molecule has 1 N–H and O–H groups in total. The van der Waals surface area contributed by atoms with Gasteiger partial charge in [0.1, 0.15) is 6.10 Å². The number of unbranched alkanes of at least 4 members (excludes halogenated alkanes) is 1. The predicted molar refractivity (Wildman–Crippen MR) is 107 cm³/mol. The lowest BCUT2D eigenvalue weighted by Gasteiger charge is -2.22. The third-order valence-corrected chi connectivity index (χ3v) is 6.91. The summed E-state index contributed by atoms with van der Waals surface area (Å²) < 4.78 is 33.3. The number of anilines is 1. The Hall–Kier alpha value is -1.44. The van der Waals surface area contributed by atoms with Gasteiger partial charge < -0.3 is 10.1 Å². The van der Waals surface area contributed by atoms with Crippen molar-refractivity contribution >= 4 is 21.6 Å². The van der Waals surface area contributed by atoms with Crippen LogP contribution in [-0.2, 0) is 19.6 Å². The molecule has 0 aromatic heterocycles. The molecule has 1 unspecified atom stereocenters. The molecular formula is C20H32N2O4S. The molecule has 1 saturated heterocycles. The quantitative estimate of drug-likeness (QED) is 0.680. The number of aryl methyl sites for hydroxylation is 1. The number of amides is 1. The Labute approximate surface area is 163 Å². The number of ether oxygens (including phenoxy) is 1. The average Bonchev–Trinajstić information content (AvgIpc) is 2.93. The lowest BCUT2D eigenvalue weighted by atomic mass is 10.2. The van der Waals surface area contributed by atoms with Crippen molar-refractivity contribution in [1.29, 1.82) is 0 Å². The molecule has 2 rings (SSSR count). The first-order valence-corrected chi connectivity index (χ1v) is 11.3. The highest BCUT2D eigenvalue weighted by Gasteiger charge is 2.27. The predicted octanol–water partition coefficient (Wildman–Crippen LogP) is 3.70. The molecule has 0 aliphatic carbocycles. The van der Waals surface area contributed by atoms with E-state index in [0.717, 1.165) is 38.5 Å². The highest BCUT2D eigenvalue weighted by Crippen LogP contribution is 2.26.